The smallest absolute Gasteiger partial charge is 0.225 e. The van der Waals surface area contributed by atoms with E-state index in [1.54, 1.807) is 12.4 Å². The molecule has 2 aromatic rings. The summed E-state index contributed by atoms with van der Waals surface area (Å²) < 4.78 is 0. The van der Waals surface area contributed by atoms with Crippen molar-refractivity contribution in [2.24, 2.45) is 4.99 Å². The molecule has 1 saturated heterocycles. The molecular weight excluding hydrogens is 350 g/mol. The number of guanidine groups is 1. The lowest BCUT2D eigenvalue weighted by molar-refractivity contribution is 0.370. The van der Waals surface area contributed by atoms with Gasteiger partial charge in [-0.3, -0.25) is 0 Å². The second kappa shape index (κ2) is 9.39. The third-order valence-electron chi connectivity index (χ3n) is 4.99. The summed E-state index contributed by atoms with van der Waals surface area (Å²) in [4.78, 5) is 20.3. The highest BCUT2D eigenvalue weighted by atomic mass is 15.4. The van der Waals surface area contributed by atoms with Gasteiger partial charge in [0.15, 0.2) is 5.96 Å². The fourth-order valence-electron chi connectivity index (χ4n) is 3.29. The number of nitrogens with zero attached hydrogens (tertiary/aromatic N) is 6. The van der Waals surface area contributed by atoms with E-state index in [0.29, 0.717) is 6.54 Å². The first-order valence-corrected chi connectivity index (χ1v) is 9.90. The van der Waals surface area contributed by atoms with Crippen LogP contribution in [0.25, 0.3) is 0 Å². The minimum Gasteiger partial charge on any atom is -0.378 e. The Bertz CT molecular complexity index is 781. The minimum absolute atomic E-state index is 0.684. The molecule has 0 spiro atoms. The molecule has 0 bridgehead atoms. The van der Waals surface area contributed by atoms with Crippen LogP contribution < -0.4 is 15.1 Å². The third kappa shape index (κ3) is 4.91. The first-order valence-electron chi connectivity index (χ1n) is 9.90. The number of hydrogen-bond acceptors (Lipinski definition) is 5. The van der Waals surface area contributed by atoms with Crippen LogP contribution in [0, 0.1) is 6.92 Å². The van der Waals surface area contributed by atoms with Gasteiger partial charge in [0.1, 0.15) is 0 Å². The van der Waals surface area contributed by atoms with E-state index in [0.717, 1.165) is 44.6 Å². The molecule has 0 atom stereocenters. The molecule has 3 rings (SSSR count). The van der Waals surface area contributed by atoms with E-state index >= 15 is 0 Å². The number of aromatic nitrogens is 2. The molecule has 0 aliphatic carbocycles. The highest BCUT2D eigenvalue weighted by Crippen LogP contribution is 2.18. The Morgan fingerprint density at radius 3 is 2.46 bits per heavy atom. The van der Waals surface area contributed by atoms with Gasteiger partial charge in [0.05, 0.1) is 6.54 Å². The van der Waals surface area contributed by atoms with Gasteiger partial charge in [0.25, 0.3) is 0 Å². The average molecular weight is 382 g/mol. The molecule has 7 heteroatoms. The van der Waals surface area contributed by atoms with E-state index in [1.165, 1.54) is 16.8 Å². The summed E-state index contributed by atoms with van der Waals surface area (Å²) in [6, 6.07) is 8.41. The number of nitrogens with one attached hydrogen (secondary N) is 1. The van der Waals surface area contributed by atoms with Crippen LogP contribution in [0.4, 0.5) is 11.6 Å². The van der Waals surface area contributed by atoms with Gasteiger partial charge in [0, 0.05) is 64.9 Å². The molecule has 28 heavy (non-hydrogen) atoms. The van der Waals surface area contributed by atoms with Crippen molar-refractivity contribution in [1.82, 2.24) is 20.2 Å². The number of benzene rings is 1. The maximum atomic E-state index is 4.91. The van der Waals surface area contributed by atoms with E-state index in [4.69, 9.17) is 4.99 Å². The largest absolute Gasteiger partial charge is 0.378 e. The van der Waals surface area contributed by atoms with Gasteiger partial charge in [0.2, 0.25) is 5.95 Å². The van der Waals surface area contributed by atoms with Crippen LogP contribution in [-0.4, -0.2) is 67.6 Å². The number of aryl methyl sites for hydroxylation is 1. The zero-order chi connectivity index (χ0) is 19.9. The number of hydrogen-bond donors (Lipinski definition) is 1. The van der Waals surface area contributed by atoms with Gasteiger partial charge >= 0.3 is 0 Å². The van der Waals surface area contributed by atoms with Gasteiger partial charge in [-0.15, -0.1) is 0 Å². The highest BCUT2D eigenvalue weighted by molar-refractivity contribution is 5.80. The Balaban J connectivity index is 1.65. The Kier molecular flexibility index (Phi) is 6.68. The van der Waals surface area contributed by atoms with Gasteiger partial charge in [-0.05, 0) is 43.2 Å². The van der Waals surface area contributed by atoms with E-state index in [9.17, 15) is 0 Å². The summed E-state index contributed by atoms with van der Waals surface area (Å²) >= 11 is 0. The molecular formula is C21H31N7. The van der Waals surface area contributed by atoms with Gasteiger partial charge in [-0.1, -0.05) is 6.07 Å². The maximum absolute atomic E-state index is 4.91. The van der Waals surface area contributed by atoms with Crippen LogP contribution in [0.15, 0.2) is 41.7 Å². The van der Waals surface area contributed by atoms with Crippen molar-refractivity contribution < 1.29 is 0 Å². The van der Waals surface area contributed by atoms with Crippen molar-refractivity contribution in [2.45, 2.75) is 20.4 Å². The molecule has 1 aromatic carbocycles. The quantitative estimate of drug-likeness (QED) is 0.633. The second-order valence-electron chi connectivity index (χ2n) is 7.20. The van der Waals surface area contributed by atoms with Crippen LogP contribution in [0.5, 0.6) is 0 Å². The van der Waals surface area contributed by atoms with Crippen molar-refractivity contribution in [1.29, 1.82) is 0 Å². The van der Waals surface area contributed by atoms with E-state index < -0.39 is 0 Å². The molecule has 1 aliphatic rings. The topological polar surface area (TPSA) is 59.9 Å². The van der Waals surface area contributed by atoms with Crippen molar-refractivity contribution in [2.75, 3.05) is 56.6 Å². The Morgan fingerprint density at radius 2 is 1.86 bits per heavy atom. The van der Waals surface area contributed by atoms with Crippen LogP contribution in [-0.2, 0) is 6.54 Å². The SMILES string of the molecule is CCNC(=NCc1ccc(N(C)C)cc1C)N1CCN(c2ncccn2)CC1. The molecule has 7 nitrogen and oxygen atoms in total. The third-order valence-corrected chi connectivity index (χ3v) is 4.99. The van der Waals surface area contributed by atoms with E-state index in [2.05, 4.69) is 76.1 Å². The molecule has 2 heterocycles. The molecule has 1 fully saturated rings. The monoisotopic (exact) mass is 381 g/mol. The zero-order valence-electron chi connectivity index (χ0n) is 17.4. The molecule has 1 N–H and O–H groups in total. The Morgan fingerprint density at radius 1 is 1.14 bits per heavy atom. The van der Waals surface area contributed by atoms with Crippen molar-refractivity contribution in [3.8, 4) is 0 Å². The van der Waals surface area contributed by atoms with Gasteiger partial charge in [-0.2, -0.15) is 0 Å². The van der Waals surface area contributed by atoms with Crippen molar-refractivity contribution >= 4 is 17.6 Å². The van der Waals surface area contributed by atoms with Crippen molar-refractivity contribution in [3.05, 3.63) is 47.8 Å². The van der Waals surface area contributed by atoms with Crippen LogP contribution in [0.2, 0.25) is 0 Å². The minimum atomic E-state index is 0.684. The summed E-state index contributed by atoms with van der Waals surface area (Å²) in [6.45, 7) is 9.41. The lowest BCUT2D eigenvalue weighted by Gasteiger charge is -2.36. The predicted octanol–water partition coefficient (Wildman–Crippen LogP) is 2.14. The predicted molar refractivity (Wildman–Crippen MR) is 116 cm³/mol. The summed E-state index contributed by atoms with van der Waals surface area (Å²) in [5.74, 6) is 1.79. The average Bonchev–Trinajstić information content (AvgIpc) is 2.72. The standard InChI is InChI=1S/C21H31N7/c1-5-22-20(25-16-18-7-8-19(26(3)4)15-17(18)2)27-11-13-28(14-12-27)21-23-9-6-10-24-21/h6-10,15H,5,11-14,16H2,1-4H3,(H,22,25). The molecule has 0 amide bonds. The first kappa shape index (κ1) is 19.9. The van der Waals surface area contributed by atoms with Crippen LogP contribution in [0.3, 0.4) is 0 Å². The number of piperazine rings is 1. The van der Waals surface area contributed by atoms with Crippen LogP contribution >= 0.6 is 0 Å². The fraction of sp³-hybridized carbons (Fsp3) is 0.476. The van der Waals surface area contributed by atoms with Gasteiger partial charge in [-0.25, -0.2) is 15.0 Å². The first-order chi connectivity index (χ1) is 13.6. The summed E-state index contributed by atoms with van der Waals surface area (Å²) in [5, 5.41) is 3.44. The summed E-state index contributed by atoms with van der Waals surface area (Å²) in [5.41, 5.74) is 3.76. The molecule has 1 aliphatic heterocycles. The highest BCUT2D eigenvalue weighted by Gasteiger charge is 2.21. The van der Waals surface area contributed by atoms with Gasteiger partial charge < -0.3 is 20.0 Å². The van der Waals surface area contributed by atoms with E-state index in [1.807, 2.05) is 6.07 Å². The molecule has 1 aromatic heterocycles. The second-order valence-corrected chi connectivity index (χ2v) is 7.20. The Hall–Kier alpha value is -2.83. The van der Waals surface area contributed by atoms with Crippen molar-refractivity contribution in [3.63, 3.8) is 0 Å². The summed E-state index contributed by atoms with van der Waals surface area (Å²) in [7, 11) is 4.13. The lowest BCUT2D eigenvalue weighted by atomic mass is 10.1. The number of rotatable bonds is 5. The zero-order valence-corrected chi connectivity index (χ0v) is 17.4. The molecule has 0 radical (unpaired) electrons. The van der Waals surface area contributed by atoms with Crippen LogP contribution in [0.1, 0.15) is 18.1 Å². The molecule has 0 saturated carbocycles. The lowest BCUT2D eigenvalue weighted by Crippen LogP contribution is -2.53. The Labute approximate surface area is 168 Å². The maximum Gasteiger partial charge on any atom is 0.225 e. The molecule has 0 unspecified atom stereocenters. The number of anilines is 2. The number of aliphatic imine (C=N–C) groups is 1. The molecule has 150 valence electrons. The van der Waals surface area contributed by atoms with E-state index in [-0.39, 0.29) is 0 Å². The fourth-order valence-corrected chi connectivity index (χ4v) is 3.29. The normalized spacial score (nSPS) is 14.9. The summed E-state index contributed by atoms with van der Waals surface area (Å²) in [6.07, 6.45) is 3.59.